The molecule has 0 bridgehead atoms. The number of fused-ring (bicyclic) bond motifs is 4. The van der Waals surface area contributed by atoms with Crippen molar-refractivity contribution < 1.29 is 9.50 Å². The zero-order valence-electron chi connectivity index (χ0n) is 10.5. The minimum Gasteiger partial charge on any atom is -0.384 e. The quantitative estimate of drug-likeness (QED) is 0.648. The second-order valence-corrected chi connectivity index (χ2v) is 6.76. The number of halogens is 1. The maximum atomic E-state index is 13.4. The molecule has 1 aliphatic heterocycles. The molecule has 0 saturated carbocycles. The fourth-order valence-corrected chi connectivity index (χ4v) is 4.98. The summed E-state index contributed by atoms with van der Waals surface area (Å²) in [4.78, 5) is 1.13. The molecule has 1 atom stereocenters. The van der Waals surface area contributed by atoms with Crippen LogP contribution in [0.15, 0.2) is 46.7 Å². The highest BCUT2D eigenvalue weighted by molar-refractivity contribution is 7.99. The van der Waals surface area contributed by atoms with Gasteiger partial charge in [0.2, 0.25) is 0 Å². The second kappa shape index (κ2) is 4.58. The Morgan fingerprint density at radius 1 is 1.10 bits per heavy atom. The first-order valence-electron chi connectivity index (χ1n) is 6.33. The predicted molar refractivity (Wildman–Crippen MR) is 81.8 cm³/mol. The van der Waals surface area contributed by atoms with Crippen molar-refractivity contribution in [2.45, 2.75) is 16.8 Å². The molecule has 4 heteroatoms. The van der Waals surface area contributed by atoms with E-state index < -0.39 is 6.10 Å². The molecule has 1 nitrogen and oxygen atoms in total. The number of benzene rings is 2. The lowest BCUT2D eigenvalue weighted by Crippen LogP contribution is -2.02. The Bertz CT molecular complexity index is 809. The highest BCUT2D eigenvalue weighted by Crippen LogP contribution is 2.44. The van der Waals surface area contributed by atoms with Crippen molar-refractivity contribution in [3.05, 3.63) is 64.3 Å². The van der Waals surface area contributed by atoms with Gasteiger partial charge in [-0.25, -0.2) is 4.39 Å². The van der Waals surface area contributed by atoms with Gasteiger partial charge in [0.05, 0.1) is 0 Å². The van der Waals surface area contributed by atoms with Crippen LogP contribution < -0.4 is 0 Å². The Labute approximate surface area is 124 Å². The summed E-state index contributed by atoms with van der Waals surface area (Å²) in [7, 11) is 0. The van der Waals surface area contributed by atoms with Gasteiger partial charge in [-0.05, 0) is 40.1 Å². The van der Waals surface area contributed by atoms with E-state index in [1.807, 2.05) is 12.1 Å². The number of hydrogen-bond donors (Lipinski definition) is 1. The molecule has 0 aliphatic carbocycles. The number of thioether (sulfide) groups is 1. The van der Waals surface area contributed by atoms with E-state index in [2.05, 4.69) is 11.4 Å². The lowest BCUT2D eigenvalue weighted by atomic mass is 9.97. The normalized spacial score (nSPS) is 17.6. The molecule has 1 aliphatic rings. The van der Waals surface area contributed by atoms with Crippen LogP contribution in [0.5, 0.6) is 0 Å². The van der Waals surface area contributed by atoms with Crippen molar-refractivity contribution in [3.63, 3.8) is 0 Å². The Hall–Kier alpha value is -1.36. The van der Waals surface area contributed by atoms with E-state index in [9.17, 15) is 9.50 Å². The van der Waals surface area contributed by atoms with Crippen molar-refractivity contribution in [1.82, 2.24) is 0 Å². The summed E-state index contributed by atoms with van der Waals surface area (Å²) >= 11 is 3.37. The van der Waals surface area contributed by atoms with E-state index >= 15 is 0 Å². The summed E-state index contributed by atoms with van der Waals surface area (Å²) in [5.74, 6) is 0.442. The van der Waals surface area contributed by atoms with E-state index in [1.54, 1.807) is 29.2 Å². The van der Waals surface area contributed by atoms with Crippen LogP contribution >= 0.6 is 23.1 Å². The van der Waals surface area contributed by atoms with E-state index in [-0.39, 0.29) is 5.82 Å². The fraction of sp³-hybridized carbons (Fsp3) is 0.125. The van der Waals surface area contributed by atoms with Gasteiger partial charge in [0.25, 0.3) is 0 Å². The average Bonchev–Trinajstić information content (AvgIpc) is 2.87. The molecule has 2 aromatic carbocycles. The molecule has 2 heterocycles. The zero-order valence-corrected chi connectivity index (χ0v) is 12.1. The van der Waals surface area contributed by atoms with Crippen molar-refractivity contribution in [2.24, 2.45) is 0 Å². The van der Waals surface area contributed by atoms with Gasteiger partial charge in [0.1, 0.15) is 11.9 Å². The van der Waals surface area contributed by atoms with E-state index in [0.29, 0.717) is 5.75 Å². The summed E-state index contributed by atoms with van der Waals surface area (Å²) in [5.41, 5.74) is 2.62. The topological polar surface area (TPSA) is 20.2 Å². The molecule has 1 aromatic heterocycles. The Kier molecular flexibility index (Phi) is 2.84. The predicted octanol–water partition coefficient (Wildman–Crippen LogP) is 4.73. The van der Waals surface area contributed by atoms with Crippen LogP contribution in [0.4, 0.5) is 4.39 Å². The molecule has 1 unspecified atom stereocenters. The molecule has 3 aromatic rings. The lowest BCUT2D eigenvalue weighted by molar-refractivity contribution is 0.217. The highest BCUT2D eigenvalue weighted by Gasteiger charge is 2.24. The number of rotatable bonds is 0. The van der Waals surface area contributed by atoms with Gasteiger partial charge in [-0.15, -0.1) is 23.1 Å². The van der Waals surface area contributed by atoms with Gasteiger partial charge < -0.3 is 5.11 Å². The molecule has 4 rings (SSSR count). The van der Waals surface area contributed by atoms with Crippen molar-refractivity contribution >= 4 is 33.2 Å². The maximum absolute atomic E-state index is 13.4. The smallest absolute Gasteiger partial charge is 0.123 e. The number of thiophene rings is 1. The maximum Gasteiger partial charge on any atom is 0.123 e. The van der Waals surface area contributed by atoms with Crippen molar-refractivity contribution in [3.8, 4) is 0 Å². The minimum absolute atomic E-state index is 0.247. The van der Waals surface area contributed by atoms with E-state index in [0.717, 1.165) is 21.6 Å². The monoisotopic (exact) mass is 302 g/mol. The molecule has 0 radical (unpaired) electrons. The van der Waals surface area contributed by atoms with Crippen LogP contribution in [0, 0.1) is 5.82 Å². The van der Waals surface area contributed by atoms with Crippen LogP contribution in [0.25, 0.3) is 10.1 Å². The molecular weight excluding hydrogens is 291 g/mol. The summed E-state index contributed by atoms with van der Waals surface area (Å²) in [5, 5.41) is 13.9. The number of aliphatic hydroxyl groups excluding tert-OH is 1. The molecule has 0 saturated heterocycles. The molecule has 20 heavy (non-hydrogen) atoms. The number of aliphatic hydroxyl groups is 1. The van der Waals surface area contributed by atoms with Crippen LogP contribution in [0.2, 0.25) is 0 Å². The first kappa shape index (κ1) is 12.4. The Morgan fingerprint density at radius 2 is 1.95 bits per heavy atom. The van der Waals surface area contributed by atoms with Crippen LogP contribution in [0.1, 0.15) is 22.8 Å². The lowest BCUT2D eigenvalue weighted by Gasteiger charge is -2.14. The summed E-state index contributed by atoms with van der Waals surface area (Å²) < 4.78 is 14.6. The van der Waals surface area contributed by atoms with Crippen LogP contribution in [-0.4, -0.2) is 5.11 Å². The zero-order chi connectivity index (χ0) is 13.7. The van der Waals surface area contributed by atoms with Gasteiger partial charge in [0, 0.05) is 20.9 Å². The van der Waals surface area contributed by atoms with E-state index in [1.165, 1.54) is 22.2 Å². The Balaban J connectivity index is 1.96. The fourth-order valence-electron chi connectivity index (χ4n) is 2.67. The van der Waals surface area contributed by atoms with Crippen LogP contribution in [0.3, 0.4) is 0 Å². The molecule has 1 N–H and O–H groups in total. The first-order chi connectivity index (χ1) is 9.74. The molecule has 0 fully saturated rings. The summed E-state index contributed by atoms with van der Waals surface area (Å²) in [6, 6.07) is 10.8. The SMILES string of the molecule is OC1c2ccc(F)cc2CSc2c1ccc1ccsc21. The van der Waals surface area contributed by atoms with Crippen molar-refractivity contribution in [1.29, 1.82) is 0 Å². The highest BCUT2D eigenvalue weighted by atomic mass is 32.2. The number of hydrogen-bond acceptors (Lipinski definition) is 3. The molecular formula is C16H11FOS2. The van der Waals surface area contributed by atoms with Gasteiger partial charge in [-0.2, -0.15) is 0 Å². The van der Waals surface area contributed by atoms with Gasteiger partial charge >= 0.3 is 0 Å². The van der Waals surface area contributed by atoms with Gasteiger partial charge in [-0.3, -0.25) is 0 Å². The molecule has 0 amide bonds. The standard InChI is InChI=1S/C16H11FOS2/c17-11-2-4-12-10(7-11)8-20-16-13(14(12)18)3-1-9-5-6-19-15(9)16/h1-7,14,18H,8H2. The van der Waals surface area contributed by atoms with Gasteiger partial charge in [-0.1, -0.05) is 18.2 Å². The first-order valence-corrected chi connectivity index (χ1v) is 8.20. The third kappa shape index (κ3) is 1.79. The largest absolute Gasteiger partial charge is 0.384 e. The Morgan fingerprint density at radius 3 is 2.85 bits per heavy atom. The molecule has 100 valence electrons. The third-order valence-corrected chi connectivity index (χ3v) is 5.93. The van der Waals surface area contributed by atoms with Crippen LogP contribution in [-0.2, 0) is 5.75 Å². The van der Waals surface area contributed by atoms with E-state index in [4.69, 9.17) is 0 Å². The second-order valence-electron chi connectivity index (χ2n) is 4.86. The van der Waals surface area contributed by atoms with Crippen molar-refractivity contribution in [2.75, 3.05) is 0 Å². The minimum atomic E-state index is -0.679. The summed E-state index contributed by atoms with van der Waals surface area (Å²) in [6.45, 7) is 0. The molecule has 0 spiro atoms. The third-order valence-electron chi connectivity index (χ3n) is 3.67. The van der Waals surface area contributed by atoms with Gasteiger partial charge in [0.15, 0.2) is 0 Å². The average molecular weight is 302 g/mol. The summed E-state index contributed by atoms with van der Waals surface area (Å²) in [6.07, 6.45) is -0.679.